The highest BCUT2D eigenvalue weighted by molar-refractivity contribution is 5.42. The van der Waals surface area contributed by atoms with Crippen LogP contribution in [0.1, 0.15) is 5.69 Å². The number of nitriles is 1. The molecule has 2 rings (SSSR count). The van der Waals surface area contributed by atoms with E-state index < -0.39 is 0 Å². The number of hydrogen-bond acceptors (Lipinski definition) is 5. The standard InChI is InChI=1S/C11H8N4O/c12-5-9-6-15-11(7-14-9)16-10-3-1-8(13)2-4-10/h1-4,6-7H,13H2. The van der Waals surface area contributed by atoms with Gasteiger partial charge in [-0.25, -0.2) is 9.97 Å². The lowest BCUT2D eigenvalue weighted by Gasteiger charge is -2.03. The average molecular weight is 212 g/mol. The number of rotatable bonds is 2. The average Bonchev–Trinajstić information content (AvgIpc) is 2.33. The van der Waals surface area contributed by atoms with Crippen molar-refractivity contribution in [2.75, 3.05) is 5.73 Å². The Kier molecular flexibility index (Phi) is 2.65. The summed E-state index contributed by atoms with van der Waals surface area (Å²) in [7, 11) is 0. The Balaban J connectivity index is 2.15. The van der Waals surface area contributed by atoms with Crippen molar-refractivity contribution in [3.63, 3.8) is 0 Å². The third-order valence-corrected chi connectivity index (χ3v) is 1.85. The number of nitrogen functional groups attached to an aromatic ring is 1. The molecular formula is C11H8N4O. The molecule has 0 spiro atoms. The molecule has 16 heavy (non-hydrogen) atoms. The molecule has 0 bridgehead atoms. The van der Waals surface area contributed by atoms with E-state index in [0.717, 1.165) is 0 Å². The minimum atomic E-state index is 0.254. The Hall–Kier alpha value is -2.61. The molecule has 2 aromatic rings. The van der Waals surface area contributed by atoms with E-state index in [1.165, 1.54) is 12.4 Å². The molecule has 0 atom stereocenters. The summed E-state index contributed by atoms with van der Waals surface area (Å²) in [6, 6.07) is 8.80. The van der Waals surface area contributed by atoms with Crippen LogP contribution in [0.5, 0.6) is 11.6 Å². The van der Waals surface area contributed by atoms with Crippen molar-refractivity contribution in [1.29, 1.82) is 5.26 Å². The molecule has 0 amide bonds. The molecule has 78 valence electrons. The minimum absolute atomic E-state index is 0.254. The van der Waals surface area contributed by atoms with Gasteiger partial charge in [0, 0.05) is 5.69 Å². The summed E-state index contributed by atoms with van der Waals surface area (Å²) in [5.41, 5.74) is 6.46. The summed E-state index contributed by atoms with van der Waals surface area (Å²) in [6.45, 7) is 0. The summed E-state index contributed by atoms with van der Waals surface area (Å²) in [5.74, 6) is 0.956. The predicted octanol–water partition coefficient (Wildman–Crippen LogP) is 1.72. The fourth-order valence-corrected chi connectivity index (χ4v) is 1.08. The third kappa shape index (κ3) is 2.25. The fraction of sp³-hybridized carbons (Fsp3) is 0. The Morgan fingerprint density at radius 1 is 1.12 bits per heavy atom. The van der Waals surface area contributed by atoms with Gasteiger partial charge >= 0.3 is 0 Å². The van der Waals surface area contributed by atoms with Gasteiger partial charge in [0.25, 0.3) is 0 Å². The summed E-state index contributed by atoms with van der Waals surface area (Å²) in [5, 5.41) is 8.54. The van der Waals surface area contributed by atoms with Gasteiger partial charge in [0.15, 0.2) is 5.69 Å². The molecule has 0 aliphatic heterocycles. The number of hydrogen-bond donors (Lipinski definition) is 1. The summed E-state index contributed by atoms with van der Waals surface area (Å²) >= 11 is 0. The van der Waals surface area contributed by atoms with Gasteiger partial charge in [-0.1, -0.05) is 0 Å². The number of ether oxygens (including phenoxy) is 1. The molecular weight excluding hydrogens is 204 g/mol. The molecule has 0 fully saturated rings. The number of nitrogens with two attached hydrogens (primary N) is 1. The fourth-order valence-electron chi connectivity index (χ4n) is 1.08. The smallest absolute Gasteiger partial charge is 0.237 e. The second-order valence-electron chi connectivity index (χ2n) is 3.02. The van der Waals surface area contributed by atoms with Crippen LogP contribution in [0.4, 0.5) is 5.69 Å². The molecule has 0 aliphatic carbocycles. The molecule has 5 heteroatoms. The van der Waals surface area contributed by atoms with E-state index in [2.05, 4.69) is 9.97 Å². The van der Waals surface area contributed by atoms with Crippen molar-refractivity contribution in [3.8, 4) is 17.7 Å². The SMILES string of the molecule is N#Cc1cnc(Oc2ccc(N)cc2)cn1. The van der Waals surface area contributed by atoms with Crippen LogP contribution < -0.4 is 10.5 Å². The highest BCUT2D eigenvalue weighted by Crippen LogP contribution is 2.19. The topological polar surface area (TPSA) is 84.8 Å². The van der Waals surface area contributed by atoms with Gasteiger partial charge in [-0.05, 0) is 24.3 Å². The van der Waals surface area contributed by atoms with Crippen LogP contribution in [0.2, 0.25) is 0 Å². The summed E-state index contributed by atoms with van der Waals surface area (Å²) in [6.07, 6.45) is 2.75. The Bertz CT molecular complexity index is 513. The second kappa shape index (κ2) is 4.28. The zero-order chi connectivity index (χ0) is 11.4. The Morgan fingerprint density at radius 3 is 2.44 bits per heavy atom. The van der Waals surface area contributed by atoms with Gasteiger partial charge in [-0.15, -0.1) is 0 Å². The maximum absolute atomic E-state index is 8.54. The molecule has 1 heterocycles. The maximum atomic E-state index is 8.54. The quantitative estimate of drug-likeness (QED) is 0.766. The zero-order valence-corrected chi connectivity index (χ0v) is 8.29. The van der Waals surface area contributed by atoms with E-state index in [-0.39, 0.29) is 5.69 Å². The van der Waals surface area contributed by atoms with Crippen LogP contribution in [0.3, 0.4) is 0 Å². The molecule has 2 N–H and O–H groups in total. The zero-order valence-electron chi connectivity index (χ0n) is 8.29. The van der Waals surface area contributed by atoms with Crippen molar-refractivity contribution in [1.82, 2.24) is 9.97 Å². The molecule has 5 nitrogen and oxygen atoms in total. The first-order valence-corrected chi connectivity index (χ1v) is 4.53. The van der Waals surface area contributed by atoms with E-state index in [0.29, 0.717) is 17.3 Å². The van der Waals surface area contributed by atoms with E-state index in [4.69, 9.17) is 15.7 Å². The molecule has 0 saturated carbocycles. The summed E-state index contributed by atoms with van der Waals surface area (Å²) < 4.78 is 5.39. The highest BCUT2D eigenvalue weighted by Gasteiger charge is 1.99. The third-order valence-electron chi connectivity index (χ3n) is 1.85. The minimum Gasteiger partial charge on any atom is -0.438 e. The van der Waals surface area contributed by atoms with Gasteiger partial charge < -0.3 is 10.5 Å². The first-order valence-electron chi connectivity index (χ1n) is 4.53. The molecule has 0 saturated heterocycles. The van der Waals surface area contributed by atoms with Crippen LogP contribution in [0.15, 0.2) is 36.7 Å². The maximum Gasteiger partial charge on any atom is 0.237 e. The van der Waals surface area contributed by atoms with Crippen LogP contribution in [-0.4, -0.2) is 9.97 Å². The van der Waals surface area contributed by atoms with Crippen LogP contribution in [0, 0.1) is 11.3 Å². The van der Waals surface area contributed by atoms with Crippen molar-refractivity contribution in [2.45, 2.75) is 0 Å². The first-order chi connectivity index (χ1) is 7.78. The first kappa shape index (κ1) is 9.93. The van der Waals surface area contributed by atoms with Crippen LogP contribution in [0.25, 0.3) is 0 Å². The molecule has 1 aromatic heterocycles. The van der Waals surface area contributed by atoms with E-state index in [1.807, 2.05) is 6.07 Å². The molecule has 1 aromatic carbocycles. The molecule has 0 radical (unpaired) electrons. The summed E-state index contributed by atoms with van der Waals surface area (Å²) in [4.78, 5) is 7.77. The normalized spacial score (nSPS) is 9.44. The van der Waals surface area contributed by atoms with Crippen molar-refractivity contribution in [2.24, 2.45) is 0 Å². The number of anilines is 1. The van der Waals surface area contributed by atoms with Gasteiger partial charge in [-0.2, -0.15) is 5.26 Å². The van der Waals surface area contributed by atoms with Crippen molar-refractivity contribution < 1.29 is 4.74 Å². The number of benzene rings is 1. The Labute approximate surface area is 92.1 Å². The molecule has 0 unspecified atom stereocenters. The predicted molar refractivity (Wildman–Crippen MR) is 57.7 cm³/mol. The lowest BCUT2D eigenvalue weighted by Crippen LogP contribution is -1.91. The van der Waals surface area contributed by atoms with Gasteiger partial charge in [0.2, 0.25) is 5.88 Å². The second-order valence-corrected chi connectivity index (χ2v) is 3.02. The largest absolute Gasteiger partial charge is 0.438 e. The Morgan fingerprint density at radius 2 is 1.88 bits per heavy atom. The van der Waals surface area contributed by atoms with E-state index in [9.17, 15) is 0 Å². The van der Waals surface area contributed by atoms with Crippen molar-refractivity contribution in [3.05, 3.63) is 42.4 Å². The van der Waals surface area contributed by atoms with Gasteiger partial charge in [-0.3, -0.25) is 0 Å². The van der Waals surface area contributed by atoms with Crippen molar-refractivity contribution >= 4 is 5.69 Å². The van der Waals surface area contributed by atoms with Crippen LogP contribution >= 0.6 is 0 Å². The van der Waals surface area contributed by atoms with E-state index >= 15 is 0 Å². The number of nitrogens with zero attached hydrogens (tertiary/aromatic N) is 3. The van der Waals surface area contributed by atoms with Gasteiger partial charge in [0.1, 0.15) is 11.8 Å². The van der Waals surface area contributed by atoms with Crippen LogP contribution in [-0.2, 0) is 0 Å². The highest BCUT2D eigenvalue weighted by atomic mass is 16.5. The lowest BCUT2D eigenvalue weighted by atomic mass is 10.3. The van der Waals surface area contributed by atoms with Gasteiger partial charge in [0.05, 0.1) is 12.4 Å². The lowest BCUT2D eigenvalue weighted by molar-refractivity contribution is 0.460. The number of aromatic nitrogens is 2. The van der Waals surface area contributed by atoms with E-state index in [1.54, 1.807) is 24.3 Å². The monoisotopic (exact) mass is 212 g/mol. The molecule has 0 aliphatic rings.